The Kier molecular flexibility index (Phi) is 2.94. The van der Waals surface area contributed by atoms with Gasteiger partial charge in [0, 0.05) is 0 Å². The van der Waals surface area contributed by atoms with Gasteiger partial charge in [0.1, 0.15) is 0 Å². The third-order valence-electron chi connectivity index (χ3n) is 3.20. The van der Waals surface area contributed by atoms with Crippen LogP contribution in [-0.4, -0.2) is 29.3 Å². The molecular weight excluding hydrogens is 206 g/mol. The molecule has 2 rings (SSSR count). The number of rotatable bonds is 3. The predicted octanol–water partition coefficient (Wildman–Crippen LogP) is 2.81. The lowest BCUT2D eigenvalue weighted by atomic mass is 9.96. The van der Waals surface area contributed by atoms with Gasteiger partial charge in [-0.25, -0.2) is 0 Å². The fourth-order valence-corrected chi connectivity index (χ4v) is 2.95. The molecule has 0 saturated carbocycles. The monoisotopic (exact) mass is 223 g/mol. The number of likely N-dealkylation sites (tertiary alicyclic amines) is 1. The maximum Gasteiger partial charge on any atom is 0.192 e. The second kappa shape index (κ2) is 4.06. The number of carbonyl (C=O) groups is 1. The molecule has 0 amide bonds. The van der Waals surface area contributed by atoms with Crippen LogP contribution < -0.4 is 0 Å². The summed E-state index contributed by atoms with van der Waals surface area (Å²) in [5.74, 6) is 0.263. The van der Waals surface area contributed by atoms with Crippen molar-refractivity contribution in [3.8, 4) is 0 Å². The van der Waals surface area contributed by atoms with E-state index in [9.17, 15) is 4.79 Å². The van der Waals surface area contributed by atoms with Gasteiger partial charge < -0.3 is 0 Å². The minimum Gasteiger partial charge on any atom is -0.291 e. The van der Waals surface area contributed by atoms with E-state index < -0.39 is 0 Å². The Bertz CT molecular complexity index is 337. The molecule has 0 N–H and O–H groups in total. The minimum atomic E-state index is -0.332. The summed E-state index contributed by atoms with van der Waals surface area (Å²) in [6, 6.07) is 3.86. The molecule has 0 atom stereocenters. The molecule has 0 unspecified atom stereocenters. The molecule has 0 radical (unpaired) electrons. The number of carbonyl (C=O) groups excluding carboxylic acids is 1. The maximum absolute atomic E-state index is 12.3. The summed E-state index contributed by atoms with van der Waals surface area (Å²) in [5.41, 5.74) is -0.332. The van der Waals surface area contributed by atoms with E-state index in [0.29, 0.717) is 0 Å². The van der Waals surface area contributed by atoms with Gasteiger partial charge in [0.15, 0.2) is 5.78 Å². The molecule has 1 fully saturated rings. The Hall–Kier alpha value is -0.670. The summed E-state index contributed by atoms with van der Waals surface area (Å²) >= 11 is 1.54. The molecule has 82 valence electrons. The summed E-state index contributed by atoms with van der Waals surface area (Å²) in [6.45, 7) is 6.20. The maximum atomic E-state index is 12.3. The van der Waals surface area contributed by atoms with Crippen LogP contribution in [0, 0.1) is 0 Å². The first-order chi connectivity index (χ1) is 7.12. The smallest absolute Gasteiger partial charge is 0.192 e. The van der Waals surface area contributed by atoms with Gasteiger partial charge in [-0.1, -0.05) is 6.07 Å². The molecule has 0 bridgehead atoms. The molecule has 2 nitrogen and oxygen atoms in total. The van der Waals surface area contributed by atoms with Gasteiger partial charge in [0.2, 0.25) is 0 Å². The summed E-state index contributed by atoms with van der Waals surface area (Å²) < 4.78 is 0. The molecule has 0 spiro atoms. The second-order valence-electron chi connectivity index (χ2n) is 4.56. The van der Waals surface area contributed by atoms with Crippen molar-refractivity contribution in [2.45, 2.75) is 32.2 Å². The summed E-state index contributed by atoms with van der Waals surface area (Å²) in [5, 5.41) is 1.97. The van der Waals surface area contributed by atoms with Crippen LogP contribution in [0.5, 0.6) is 0 Å². The van der Waals surface area contributed by atoms with E-state index in [4.69, 9.17) is 0 Å². The van der Waals surface area contributed by atoms with Crippen LogP contribution in [0.2, 0.25) is 0 Å². The Labute approximate surface area is 94.9 Å². The largest absolute Gasteiger partial charge is 0.291 e. The molecule has 1 aromatic heterocycles. The van der Waals surface area contributed by atoms with Gasteiger partial charge in [-0.05, 0) is 51.2 Å². The van der Waals surface area contributed by atoms with Gasteiger partial charge in [-0.15, -0.1) is 11.3 Å². The Morgan fingerprint density at radius 2 is 2.07 bits per heavy atom. The average molecular weight is 223 g/mol. The molecule has 3 heteroatoms. The molecular formula is C12H17NOS. The number of nitrogens with zero attached hydrogens (tertiary/aromatic N) is 1. The highest BCUT2D eigenvalue weighted by Gasteiger charge is 2.36. The quantitative estimate of drug-likeness (QED) is 0.734. The Morgan fingerprint density at radius 1 is 1.40 bits per heavy atom. The second-order valence-corrected chi connectivity index (χ2v) is 5.51. The van der Waals surface area contributed by atoms with Gasteiger partial charge >= 0.3 is 0 Å². The number of thiophene rings is 1. The van der Waals surface area contributed by atoms with Crippen LogP contribution in [0.1, 0.15) is 36.4 Å². The zero-order valence-electron chi connectivity index (χ0n) is 9.32. The molecule has 0 aromatic carbocycles. The zero-order valence-corrected chi connectivity index (χ0v) is 10.1. The molecule has 2 heterocycles. The lowest BCUT2D eigenvalue weighted by molar-refractivity contribution is 0.0707. The lowest BCUT2D eigenvalue weighted by Gasteiger charge is -2.33. The van der Waals surface area contributed by atoms with Crippen molar-refractivity contribution >= 4 is 17.1 Å². The summed E-state index contributed by atoms with van der Waals surface area (Å²) in [4.78, 5) is 15.5. The first-order valence-corrected chi connectivity index (χ1v) is 6.34. The zero-order chi connectivity index (χ0) is 10.9. The van der Waals surface area contributed by atoms with E-state index in [0.717, 1.165) is 18.0 Å². The number of ketones is 1. The normalized spacial score (nSPS) is 18.3. The fourth-order valence-electron chi connectivity index (χ4n) is 2.13. The van der Waals surface area contributed by atoms with Crippen LogP contribution in [0.15, 0.2) is 17.5 Å². The highest BCUT2D eigenvalue weighted by atomic mass is 32.1. The van der Waals surface area contributed by atoms with Crippen LogP contribution in [-0.2, 0) is 0 Å². The molecule has 15 heavy (non-hydrogen) atoms. The molecule has 1 aromatic rings. The van der Waals surface area contributed by atoms with Crippen molar-refractivity contribution in [3.05, 3.63) is 22.4 Å². The van der Waals surface area contributed by atoms with E-state index in [2.05, 4.69) is 4.90 Å². The summed E-state index contributed by atoms with van der Waals surface area (Å²) in [6.07, 6.45) is 2.45. The predicted molar refractivity (Wildman–Crippen MR) is 63.5 cm³/mol. The van der Waals surface area contributed by atoms with Crippen molar-refractivity contribution in [2.75, 3.05) is 13.1 Å². The van der Waals surface area contributed by atoms with E-state index in [1.165, 1.54) is 12.8 Å². The topological polar surface area (TPSA) is 20.3 Å². The Morgan fingerprint density at radius 3 is 2.60 bits per heavy atom. The van der Waals surface area contributed by atoms with Crippen LogP contribution >= 0.6 is 11.3 Å². The van der Waals surface area contributed by atoms with Gasteiger partial charge in [-0.3, -0.25) is 9.69 Å². The van der Waals surface area contributed by atoms with Crippen molar-refractivity contribution in [1.29, 1.82) is 0 Å². The van der Waals surface area contributed by atoms with Crippen molar-refractivity contribution in [3.63, 3.8) is 0 Å². The highest BCUT2D eigenvalue weighted by Crippen LogP contribution is 2.26. The van der Waals surface area contributed by atoms with Crippen molar-refractivity contribution in [1.82, 2.24) is 4.90 Å². The third-order valence-corrected chi connectivity index (χ3v) is 4.07. The van der Waals surface area contributed by atoms with Crippen molar-refractivity contribution < 1.29 is 4.79 Å². The fraction of sp³-hybridized carbons (Fsp3) is 0.583. The van der Waals surface area contributed by atoms with E-state index in [1.807, 2.05) is 31.4 Å². The average Bonchev–Trinajstić information content (AvgIpc) is 2.89. The number of hydrogen-bond acceptors (Lipinski definition) is 3. The van der Waals surface area contributed by atoms with Crippen molar-refractivity contribution in [2.24, 2.45) is 0 Å². The molecule has 1 aliphatic heterocycles. The minimum absolute atomic E-state index is 0.263. The van der Waals surface area contributed by atoms with E-state index in [1.54, 1.807) is 11.3 Å². The van der Waals surface area contributed by atoms with Gasteiger partial charge in [0.05, 0.1) is 10.4 Å². The third kappa shape index (κ3) is 1.99. The van der Waals surface area contributed by atoms with Gasteiger partial charge in [0.25, 0.3) is 0 Å². The lowest BCUT2D eigenvalue weighted by Crippen LogP contribution is -2.48. The Balaban J connectivity index is 2.17. The molecule has 0 aliphatic carbocycles. The highest BCUT2D eigenvalue weighted by molar-refractivity contribution is 7.12. The molecule has 1 aliphatic rings. The SMILES string of the molecule is CC(C)(C(=O)c1cccs1)N1CCCC1. The van der Waals surface area contributed by atoms with Gasteiger partial charge in [-0.2, -0.15) is 0 Å². The van der Waals surface area contributed by atoms with Crippen LogP contribution in [0.3, 0.4) is 0 Å². The summed E-state index contributed by atoms with van der Waals surface area (Å²) in [7, 11) is 0. The van der Waals surface area contributed by atoms with E-state index in [-0.39, 0.29) is 11.3 Å². The first kappa shape index (κ1) is 10.8. The van der Waals surface area contributed by atoms with Crippen LogP contribution in [0.4, 0.5) is 0 Å². The standard InChI is InChI=1S/C12H17NOS/c1-12(2,13-7-3-4-8-13)11(14)10-6-5-9-15-10/h5-6,9H,3-4,7-8H2,1-2H3. The number of hydrogen-bond donors (Lipinski definition) is 0. The van der Waals surface area contributed by atoms with E-state index >= 15 is 0 Å². The van der Waals surface area contributed by atoms with Crippen LogP contribution in [0.25, 0.3) is 0 Å². The molecule has 1 saturated heterocycles. The first-order valence-electron chi connectivity index (χ1n) is 5.46. The number of Topliss-reactive ketones (excluding diaryl/α,β-unsaturated/α-hetero) is 1.